The van der Waals surface area contributed by atoms with Crippen molar-refractivity contribution in [3.05, 3.63) is 4.88 Å². The van der Waals surface area contributed by atoms with Crippen molar-refractivity contribution in [1.29, 1.82) is 0 Å². The Balaban J connectivity index is 3.07. The van der Waals surface area contributed by atoms with E-state index in [1.807, 2.05) is 0 Å². The van der Waals surface area contributed by atoms with Gasteiger partial charge in [-0.1, -0.05) is 11.3 Å². The summed E-state index contributed by atoms with van der Waals surface area (Å²) >= 11 is 1.15. The van der Waals surface area contributed by atoms with E-state index >= 15 is 0 Å². The van der Waals surface area contributed by atoms with Crippen molar-refractivity contribution in [3.8, 4) is 0 Å². The van der Waals surface area contributed by atoms with Crippen LogP contribution in [-0.4, -0.2) is 10.8 Å². The van der Waals surface area contributed by atoms with Gasteiger partial charge in [0.2, 0.25) is 0 Å². The maximum absolute atomic E-state index is 10.8. The van der Waals surface area contributed by atoms with Gasteiger partial charge in [0, 0.05) is 6.92 Å². The van der Waals surface area contributed by atoms with E-state index in [1.54, 1.807) is 0 Å². The minimum absolute atomic E-state index is 0.0958. The molecule has 6 heteroatoms. The fraction of sp³-hybridized carbons (Fsp3) is 0.200. The first kappa shape index (κ1) is 7.96. The van der Waals surface area contributed by atoms with Crippen LogP contribution in [0.3, 0.4) is 0 Å². The Morgan fingerprint density at radius 2 is 2.36 bits per heavy atom. The smallest absolute Gasteiger partial charge is 0.199 e. The van der Waals surface area contributed by atoms with Crippen molar-refractivity contribution in [2.75, 3.05) is 11.2 Å². The number of Topliss-reactive ketones (excluding diaryl/α,β-unsaturated/α-hetero) is 1. The monoisotopic (exact) mass is 172 g/mol. The van der Waals surface area contributed by atoms with Gasteiger partial charge in [0.25, 0.3) is 0 Å². The topological polar surface area (TPSA) is 94.0 Å². The van der Waals surface area contributed by atoms with Gasteiger partial charge >= 0.3 is 0 Å². The zero-order valence-corrected chi connectivity index (χ0v) is 6.73. The zero-order chi connectivity index (χ0) is 8.43. The van der Waals surface area contributed by atoms with Gasteiger partial charge in [0.1, 0.15) is 10.7 Å². The molecule has 1 aromatic heterocycles. The lowest BCUT2D eigenvalue weighted by Crippen LogP contribution is -2.05. The summed E-state index contributed by atoms with van der Waals surface area (Å²) in [5.41, 5.74) is 7.72. The number of carbonyl (C=O) groups is 1. The molecular formula is C5H8N4OS. The molecule has 0 fully saturated rings. The fourth-order valence-electron chi connectivity index (χ4n) is 0.646. The molecule has 0 aromatic carbocycles. The third-order valence-corrected chi connectivity index (χ3v) is 2.20. The Labute approximate surface area is 67.4 Å². The Kier molecular flexibility index (Phi) is 2.06. The molecule has 0 atom stereocenters. The van der Waals surface area contributed by atoms with Crippen LogP contribution in [0.15, 0.2) is 0 Å². The van der Waals surface area contributed by atoms with Crippen molar-refractivity contribution < 1.29 is 4.79 Å². The Morgan fingerprint density at radius 3 is 2.64 bits per heavy atom. The fourth-order valence-corrected chi connectivity index (χ4v) is 1.34. The third-order valence-electron chi connectivity index (χ3n) is 1.10. The molecule has 5 nitrogen and oxygen atoms in total. The number of hydrogen-bond acceptors (Lipinski definition) is 6. The van der Waals surface area contributed by atoms with E-state index in [1.165, 1.54) is 6.92 Å². The predicted octanol–water partition coefficient (Wildman–Crippen LogP) is 0.214. The Hall–Kier alpha value is -1.14. The number of hydrazine groups is 1. The number of nitrogen functional groups attached to an aromatic ring is 2. The number of carbonyl (C=O) groups excluding carboxylic acids is 1. The maximum Gasteiger partial charge on any atom is 0.199 e. The van der Waals surface area contributed by atoms with Gasteiger partial charge in [0.15, 0.2) is 10.9 Å². The quantitative estimate of drug-likeness (QED) is 0.337. The van der Waals surface area contributed by atoms with Crippen LogP contribution in [0, 0.1) is 0 Å². The second kappa shape index (κ2) is 2.85. The summed E-state index contributed by atoms with van der Waals surface area (Å²) in [4.78, 5) is 15.0. The molecule has 5 N–H and O–H groups in total. The van der Waals surface area contributed by atoms with Gasteiger partial charge in [-0.3, -0.25) is 10.2 Å². The summed E-state index contributed by atoms with van der Waals surface area (Å²) in [6, 6.07) is 0. The normalized spacial score (nSPS) is 9.64. The van der Waals surface area contributed by atoms with Gasteiger partial charge in [0.05, 0.1) is 0 Å². The molecule has 60 valence electrons. The zero-order valence-electron chi connectivity index (χ0n) is 5.92. The minimum Gasteiger partial charge on any atom is -0.382 e. The van der Waals surface area contributed by atoms with Crippen LogP contribution in [0.5, 0.6) is 0 Å². The van der Waals surface area contributed by atoms with Crippen LogP contribution in [0.2, 0.25) is 0 Å². The van der Waals surface area contributed by atoms with Crippen LogP contribution in [0.25, 0.3) is 0 Å². The number of nitrogens with one attached hydrogen (secondary N) is 1. The molecule has 0 saturated carbocycles. The second-order valence-electron chi connectivity index (χ2n) is 1.93. The lowest BCUT2D eigenvalue weighted by atomic mass is 10.4. The highest BCUT2D eigenvalue weighted by atomic mass is 32.1. The summed E-state index contributed by atoms with van der Waals surface area (Å²) in [6.07, 6.45) is 0. The molecule has 0 unspecified atom stereocenters. The highest BCUT2D eigenvalue weighted by molar-refractivity contribution is 7.18. The van der Waals surface area contributed by atoms with Crippen molar-refractivity contribution >= 4 is 28.1 Å². The lowest BCUT2D eigenvalue weighted by Gasteiger charge is -1.85. The van der Waals surface area contributed by atoms with Crippen LogP contribution in [-0.2, 0) is 0 Å². The molecular weight excluding hydrogens is 164 g/mol. The van der Waals surface area contributed by atoms with Crippen LogP contribution < -0.4 is 17.0 Å². The maximum atomic E-state index is 10.8. The van der Waals surface area contributed by atoms with Gasteiger partial charge in [-0.15, -0.1) is 0 Å². The number of nitrogens with two attached hydrogens (primary N) is 2. The van der Waals surface area contributed by atoms with E-state index in [0.717, 1.165) is 11.3 Å². The molecule has 0 aliphatic heterocycles. The lowest BCUT2D eigenvalue weighted by molar-refractivity contribution is 0.102. The van der Waals surface area contributed by atoms with E-state index < -0.39 is 0 Å². The molecule has 1 rings (SSSR count). The number of nitrogens with zero attached hydrogens (tertiary/aromatic N) is 1. The van der Waals surface area contributed by atoms with Crippen LogP contribution >= 0.6 is 11.3 Å². The number of rotatable bonds is 2. The van der Waals surface area contributed by atoms with Gasteiger partial charge in [-0.2, -0.15) is 0 Å². The van der Waals surface area contributed by atoms with Crippen molar-refractivity contribution in [3.63, 3.8) is 0 Å². The van der Waals surface area contributed by atoms with E-state index in [-0.39, 0.29) is 11.6 Å². The number of thiazole rings is 1. The van der Waals surface area contributed by atoms with Crippen molar-refractivity contribution in [2.45, 2.75) is 6.92 Å². The van der Waals surface area contributed by atoms with Crippen molar-refractivity contribution in [1.82, 2.24) is 4.98 Å². The molecule has 0 radical (unpaired) electrons. The molecule has 0 aliphatic carbocycles. The molecule has 11 heavy (non-hydrogen) atoms. The summed E-state index contributed by atoms with van der Waals surface area (Å²) in [7, 11) is 0. The summed E-state index contributed by atoms with van der Waals surface area (Å²) in [5.74, 6) is 5.20. The Morgan fingerprint density at radius 1 is 1.73 bits per heavy atom. The molecule has 0 aliphatic rings. The minimum atomic E-state index is -0.0958. The molecule has 1 heterocycles. The SMILES string of the molecule is CC(=O)c1sc(NN)nc1N. The molecule has 0 amide bonds. The molecule has 0 saturated heterocycles. The highest BCUT2D eigenvalue weighted by Gasteiger charge is 2.10. The average molecular weight is 172 g/mol. The molecule has 0 bridgehead atoms. The van der Waals surface area contributed by atoms with E-state index in [2.05, 4.69) is 10.4 Å². The second-order valence-corrected chi connectivity index (χ2v) is 2.93. The summed E-state index contributed by atoms with van der Waals surface area (Å²) in [6.45, 7) is 1.43. The predicted molar refractivity (Wildman–Crippen MR) is 44.3 cm³/mol. The van der Waals surface area contributed by atoms with Gasteiger partial charge in [-0.25, -0.2) is 10.8 Å². The van der Waals surface area contributed by atoms with Gasteiger partial charge in [-0.05, 0) is 0 Å². The first-order chi connectivity index (χ1) is 5.15. The standard InChI is InChI=1S/C5H8N4OS/c1-2(10)3-4(6)8-5(9-7)11-3/h6-7H2,1H3,(H,8,9). The number of anilines is 2. The van der Waals surface area contributed by atoms with Crippen molar-refractivity contribution in [2.24, 2.45) is 5.84 Å². The van der Waals surface area contributed by atoms with E-state index in [4.69, 9.17) is 11.6 Å². The first-order valence-corrected chi connectivity index (χ1v) is 3.70. The summed E-state index contributed by atoms with van der Waals surface area (Å²) < 4.78 is 0. The number of hydrogen-bond donors (Lipinski definition) is 3. The van der Waals surface area contributed by atoms with Crippen LogP contribution in [0.1, 0.15) is 16.6 Å². The average Bonchev–Trinajstić information content (AvgIpc) is 2.30. The largest absolute Gasteiger partial charge is 0.382 e. The third kappa shape index (κ3) is 1.47. The number of aromatic nitrogens is 1. The first-order valence-electron chi connectivity index (χ1n) is 2.89. The molecule has 0 spiro atoms. The highest BCUT2D eigenvalue weighted by Crippen LogP contribution is 2.23. The van der Waals surface area contributed by atoms with E-state index in [9.17, 15) is 4.79 Å². The van der Waals surface area contributed by atoms with E-state index in [0.29, 0.717) is 10.0 Å². The van der Waals surface area contributed by atoms with Gasteiger partial charge < -0.3 is 5.73 Å². The van der Waals surface area contributed by atoms with Crippen LogP contribution in [0.4, 0.5) is 10.9 Å². The summed E-state index contributed by atoms with van der Waals surface area (Å²) in [5, 5.41) is 0.452. The number of ketones is 1. The molecule has 1 aromatic rings. The Bertz CT molecular complexity index is 282.